The summed E-state index contributed by atoms with van der Waals surface area (Å²) in [5.74, 6) is 0.890. The maximum absolute atomic E-state index is 8.74. The second-order valence-corrected chi connectivity index (χ2v) is 4.64. The molecule has 0 spiro atoms. The highest BCUT2D eigenvalue weighted by atomic mass is 16.3. The number of hydrogen-bond acceptors (Lipinski definition) is 3. The highest BCUT2D eigenvalue weighted by Crippen LogP contribution is 2.25. The number of aliphatic hydroxyl groups excluding tert-OH is 1. The van der Waals surface area contributed by atoms with Crippen molar-refractivity contribution >= 4 is 0 Å². The van der Waals surface area contributed by atoms with Crippen LogP contribution in [0.5, 0.6) is 0 Å². The molecule has 3 heteroatoms. The Balaban J connectivity index is 2.10. The van der Waals surface area contributed by atoms with Gasteiger partial charge in [0.05, 0.1) is 0 Å². The predicted molar refractivity (Wildman–Crippen MR) is 59.1 cm³/mol. The Labute approximate surface area is 87.3 Å². The average Bonchev–Trinajstić information content (AvgIpc) is 2.56. The third-order valence-corrected chi connectivity index (χ3v) is 3.09. The Kier molecular flexibility index (Phi) is 5.45. The second kappa shape index (κ2) is 6.38. The van der Waals surface area contributed by atoms with E-state index in [0.717, 1.165) is 18.9 Å². The van der Waals surface area contributed by atoms with Crippen LogP contribution in [0.25, 0.3) is 0 Å². The summed E-state index contributed by atoms with van der Waals surface area (Å²) in [6, 6.07) is 0.131. The van der Waals surface area contributed by atoms with E-state index in [4.69, 9.17) is 10.8 Å². The number of aliphatic hydroxyl groups is 1. The Morgan fingerprint density at radius 1 is 1.43 bits per heavy atom. The fourth-order valence-electron chi connectivity index (χ4n) is 2.37. The molecule has 0 aromatic heterocycles. The Morgan fingerprint density at radius 3 is 2.64 bits per heavy atom. The van der Waals surface area contributed by atoms with Gasteiger partial charge in [-0.25, -0.2) is 0 Å². The predicted octanol–water partition coefficient (Wildman–Crippen LogP) is 0.818. The number of hydrogen-bond donors (Lipinski definition) is 2. The van der Waals surface area contributed by atoms with E-state index in [0.29, 0.717) is 0 Å². The van der Waals surface area contributed by atoms with E-state index in [-0.39, 0.29) is 12.6 Å². The molecular formula is C11H24N2O. The molecule has 3 nitrogen and oxygen atoms in total. The van der Waals surface area contributed by atoms with Crippen LogP contribution in [0, 0.1) is 5.92 Å². The van der Waals surface area contributed by atoms with Crippen LogP contribution in [0.3, 0.4) is 0 Å². The van der Waals surface area contributed by atoms with Crippen molar-refractivity contribution < 1.29 is 5.11 Å². The van der Waals surface area contributed by atoms with Gasteiger partial charge in [-0.1, -0.05) is 12.8 Å². The van der Waals surface area contributed by atoms with Gasteiger partial charge < -0.3 is 15.7 Å². The van der Waals surface area contributed by atoms with Crippen molar-refractivity contribution in [2.75, 3.05) is 26.7 Å². The van der Waals surface area contributed by atoms with Gasteiger partial charge >= 0.3 is 0 Å². The topological polar surface area (TPSA) is 49.5 Å². The maximum Gasteiger partial charge on any atom is 0.0446 e. The molecule has 84 valence electrons. The minimum atomic E-state index is 0.131. The van der Waals surface area contributed by atoms with Gasteiger partial charge in [0, 0.05) is 25.7 Å². The van der Waals surface area contributed by atoms with Gasteiger partial charge in [0.2, 0.25) is 0 Å². The molecule has 0 bridgehead atoms. The van der Waals surface area contributed by atoms with Crippen molar-refractivity contribution in [3.63, 3.8) is 0 Å². The summed E-state index contributed by atoms with van der Waals surface area (Å²) < 4.78 is 0. The number of nitrogens with two attached hydrogens (primary N) is 1. The Morgan fingerprint density at radius 2 is 2.07 bits per heavy atom. The van der Waals surface area contributed by atoms with E-state index in [9.17, 15) is 0 Å². The van der Waals surface area contributed by atoms with Crippen LogP contribution >= 0.6 is 0 Å². The highest BCUT2D eigenvalue weighted by molar-refractivity contribution is 4.72. The number of likely N-dealkylation sites (N-methyl/N-ethyl adjacent to an activating group) is 1. The lowest BCUT2D eigenvalue weighted by atomic mass is 10.1. The van der Waals surface area contributed by atoms with Crippen LogP contribution in [0.1, 0.15) is 32.1 Å². The zero-order valence-corrected chi connectivity index (χ0v) is 9.28. The van der Waals surface area contributed by atoms with Gasteiger partial charge in [-0.3, -0.25) is 0 Å². The molecule has 0 heterocycles. The lowest BCUT2D eigenvalue weighted by molar-refractivity contribution is 0.229. The average molecular weight is 200 g/mol. The monoisotopic (exact) mass is 200 g/mol. The van der Waals surface area contributed by atoms with Gasteiger partial charge in [0.15, 0.2) is 0 Å². The van der Waals surface area contributed by atoms with Gasteiger partial charge in [-0.05, 0) is 32.2 Å². The van der Waals surface area contributed by atoms with Crippen molar-refractivity contribution in [1.29, 1.82) is 0 Å². The van der Waals surface area contributed by atoms with Crippen molar-refractivity contribution in [2.45, 2.75) is 38.1 Å². The van der Waals surface area contributed by atoms with E-state index >= 15 is 0 Å². The third-order valence-electron chi connectivity index (χ3n) is 3.09. The molecule has 0 aromatic rings. The molecule has 3 N–H and O–H groups in total. The van der Waals surface area contributed by atoms with E-state index < -0.39 is 0 Å². The first kappa shape index (κ1) is 12.0. The summed E-state index contributed by atoms with van der Waals surface area (Å²) >= 11 is 0. The lowest BCUT2D eigenvalue weighted by Gasteiger charge is -2.23. The first-order valence-electron chi connectivity index (χ1n) is 5.77. The summed E-state index contributed by atoms with van der Waals surface area (Å²) in [5.41, 5.74) is 5.86. The molecule has 1 unspecified atom stereocenters. The minimum absolute atomic E-state index is 0.131. The zero-order valence-electron chi connectivity index (χ0n) is 9.28. The molecule has 1 aliphatic carbocycles. The summed E-state index contributed by atoms with van der Waals surface area (Å²) in [6.45, 7) is 2.30. The van der Waals surface area contributed by atoms with Crippen LogP contribution in [0.2, 0.25) is 0 Å². The van der Waals surface area contributed by atoms with Crippen molar-refractivity contribution in [2.24, 2.45) is 11.7 Å². The molecule has 0 aliphatic heterocycles. The zero-order chi connectivity index (χ0) is 10.4. The third kappa shape index (κ3) is 4.40. The van der Waals surface area contributed by atoms with Gasteiger partial charge in [0.25, 0.3) is 0 Å². The number of rotatable bonds is 6. The summed E-state index contributed by atoms with van der Waals surface area (Å²) in [7, 11) is 2.13. The van der Waals surface area contributed by atoms with E-state index in [1.54, 1.807) is 0 Å². The Bertz CT molecular complexity index is 146. The molecule has 0 saturated heterocycles. The molecular weight excluding hydrogens is 176 g/mol. The van der Waals surface area contributed by atoms with Crippen LogP contribution < -0.4 is 5.73 Å². The van der Waals surface area contributed by atoms with Crippen LogP contribution in [0.4, 0.5) is 0 Å². The fourth-order valence-corrected chi connectivity index (χ4v) is 2.37. The van der Waals surface area contributed by atoms with Gasteiger partial charge in [-0.2, -0.15) is 0 Å². The largest absolute Gasteiger partial charge is 0.396 e. The standard InChI is InChI=1S/C11H24N2O/c1-13(9-11(12)6-7-14)8-10-4-2-3-5-10/h10-11,14H,2-9,12H2,1H3. The minimum Gasteiger partial charge on any atom is -0.396 e. The first-order chi connectivity index (χ1) is 6.72. The van der Waals surface area contributed by atoms with Crippen LogP contribution in [-0.2, 0) is 0 Å². The molecule has 1 aliphatic rings. The first-order valence-corrected chi connectivity index (χ1v) is 5.77. The lowest BCUT2D eigenvalue weighted by Crippen LogP contribution is -2.37. The van der Waals surface area contributed by atoms with E-state index in [1.165, 1.54) is 32.2 Å². The molecule has 1 fully saturated rings. The molecule has 1 atom stereocenters. The molecule has 0 aromatic carbocycles. The van der Waals surface area contributed by atoms with Crippen molar-refractivity contribution in [3.8, 4) is 0 Å². The molecule has 1 saturated carbocycles. The normalized spacial score (nSPS) is 20.6. The van der Waals surface area contributed by atoms with E-state index in [2.05, 4.69) is 11.9 Å². The van der Waals surface area contributed by atoms with Gasteiger partial charge in [0.1, 0.15) is 0 Å². The number of nitrogens with zero attached hydrogens (tertiary/aromatic N) is 1. The van der Waals surface area contributed by atoms with Crippen LogP contribution in [-0.4, -0.2) is 42.8 Å². The molecule has 0 radical (unpaired) electrons. The Hall–Kier alpha value is -0.120. The summed E-state index contributed by atoms with van der Waals surface area (Å²) in [6.07, 6.45) is 6.30. The molecule has 14 heavy (non-hydrogen) atoms. The van der Waals surface area contributed by atoms with Crippen molar-refractivity contribution in [3.05, 3.63) is 0 Å². The van der Waals surface area contributed by atoms with Crippen molar-refractivity contribution in [1.82, 2.24) is 4.90 Å². The summed E-state index contributed by atoms with van der Waals surface area (Å²) in [5, 5.41) is 8.74. The summed E-state index contributed by atoms with van der Waals surface area (Å²) in [4.78, 5) is 2.32. The quantitative estimate of drug-likeness (QED) is 0.667. The van der Waals surface area contributed by atoms with E-state index in [1.807, 2.05) is 0 Å². The fraction of sp³-hybridized carbons (Fsp3) is 1.00. The smallest absolute Gasteiger partial charge is 0.0446 e. The molecule has 1 rings (SSSR count). The second-order valence-electron chi connectivity index (χ2n) is 4.64. The SMILES string of the molecule is CN(CC(N)CCO)CC1CCCC1. The highest BCUT2D eigenvalue weighted by Gasteiger charge is 2.17. The van der Waals surface area contributed by atoms with Gasteiger partial charge in [-0.15, -0.1) is 0 Å². The molecule has 0 amide bonds. The van der Waals surface area contributed by atoms with Crippen LogP contribution in [0.15, 0.2) is 0 Å². The maximum atomic E-state index is 8.74.